The smallest absolute Gasteiger partial charge is 0.0724 e. The zero-order chi connectivity index (χ0) is 10.4. The van der Waals surface area contributed by atoms with Gasteiger partial charge in [-0.2, -0.15) is 11.8 Å². The van der Waals surface area contributed by atoms with Crippen molar-refractivity contribution in [3.63, 3.8) is 0 Å². The molecule has 0 amide bonds. The maximum absolute atomic E-state index is 5.51. The van der Waals surface area contributed by atoms with Crippen molar-refractivity contribution in [3.8, 4) is 0 Å². The Morgan fingerprint density at radius 2 is 2.14 bits per heavy atom. The van der Waals surface area contributed by atoms with Crippen LogP contribution in [-0.4, -0.2) is 37.3 Å². The third-order valence-corrected chi connectivity index (χ3v) is 3.75. The number of ether oxygens (including phenoxy) is 1. The lowest BCUT2D eigenvalue weighted by molar-refractivity contribution is 0.0393. The zero-order valence-corrected chi connectivity index (χ0v) is 10.4. The highest BCUT2D eigenvalue weighted by Gasteiger charge is 2.25. The summed E-state index contributed by atoms with van der Waals surface area (Å²) >= 11 is 1.90. The van der Waals surface area contributed by atoms with Crippen LogP contribution in [0.15, 0.2) is 0 Å². The van der Waals surface area contributed by atoms with Crippen molar-refractivity contribution in [1.29, 1.82) is 0 Å². The maximum Gasteiger partial charge on any atom is 0.0724 e. The van der Waals surface area contributed by atoms with Crippen LogP contribution in [0.2, 0.25) is 0 Å². The maximum atomic E-state index is 5.51. The summed E-state index contributed by atoms with van der Waals surface area (Å²) in [7, 11) is 1.84. The minimum Gasteiger partial charge on any atom is -0.380 e. The highest BCUT2D eigenvalue weighted by Crippen LogP contribution is 2.21. The normalized spacial score (nSPS) is 30.2. The van der Waals surface area contributed by atoms with Gasteiger partial charge in [0, 0.05) is 24.9 Å². The van der Waals surface area contributed by atoms with E-state index in [4.69, 9.17) is 4.74 Å². The molecule has 14 heavy (non-hydrogen) atoms. The Balaban J connectivity index is 2.32. The molecule has 1 N–H and O–H groups in total. The molecule has 0 radical (unpaired) electrons. The summed E-state index contributed by atoms with van der Waals surface area (Å²) in [6.07, 6.45) is 7.77. The first kappa shape index (κ1) is 12.3. The van der Waals surface area contributed by atoms with E-state index >= 15 is 0 Å². The summed E-state index contributed by atoms with van der Waals surface area (Å²) in [4.78, 5) is 0. The third kappa shape index (κ3) is 3.79. The van der Waals surface area contributed by atoms with Crippen molar-refractivity contribution in [1.82, 2.24) is 5.32 Å². The van der Waals surface area contributed by atoms with Crippen LogP contribution < -0.4 is 5.32 Å². The van der Waals surface area contributed by atoms with Crippen LogP contribution in [0.25, 0.3) is 0 Å². The Kier molecular flexibility index (Phi) is 5.90. The van der Waals surface area contributed by atoms with Crippen LogP contribution in [0.1, 0.15) is 32.6 Å². The average Bonchev–Trinajstić information content (AvgIpc) is 2.19. The molecule has 1 fully saturated rings. The van der Waals surface area contributed by atoms with Gasteiger partial charge in [-0.15, -0.1) is 0 Å². The number of rotatable bonds is 5. The molecule has 84 valence electrons. The van der Waals surface area contributed by atoms with Crippen molar-refractivity contribution >= 4 is 11.8 Å². The predicted molar refractivity (Wildman–Crippen MR) is 64.0 cm³/mol. The molecule has 0 bridgehead atoms. The molecule has 2 nitrogen and oxygen atoms in total. The van der Waals surface area contributed by atoms with Crippen molar-refractivity contribution in [2.24, 2.45) is 0 Å². The predicted octanol–water partition coefficient (Wildman–Crippen LogP) is 2.29. The van der Waals surface area contributed by atoms with Gasteiger partial charge in [-0.3, -0.25) is 0 Å². The fourth-order valence-electron chi connectivity index (χ4n) is 2.23. The van der Waals surface area contributed by atoms with Crippen LogP contribution in [-0.2, 0) is 4.74 Å². The van der Waals surface area contributed by atoms with Gasteiger partial charge in [0.1, 0.15) is 0 Å². The Morgan fingerprint density at radius 3 is 2.79 bits per heavy atom. The first-order valence-corrected chi connectivity index (χ1v) is 6.95. The summed E-state index contributed by atoms with van der Waals surface area (Å²) < 4.78 is 5.51. The van der Waals surface area contributed by atoms with E-state index in [1.165, 1.54) is 31.4 Å². The summed E-state index contributed by atoms with van der Waals surface area (Å²) in [6, 6.07) is 1.18. The molecule has 0 aromatic carbocycles. The number of nitrogens with one attached hydrogen (secondary N) is 1. The lowest BCUT2D eigenvalue weighted by Gasteiger charge is -2.33. The highest BCUT2D eigenvalue weighted by molar-refractivity contribution is 7.98. The third-order valence-electron chi connectivity index (χ3n) is 2.92. The average molecular weight is 217 g/mol. The molecule has 0 spiro atoms. The van der Waals surface area contributed by atoms with E-state index in [1.807, 2.05) is 18.9 Å². The molecule has 1 rings (SSSR count). The SMILES string of the molecule is COC1CCCCC1NC(C)CSC. The van der Waals surface area contributed by atoms with Crippen LogP contribution >= 0.6 is 11.8 Å². The number of hydrogen-bond donors (Lipinski definition) is 1. The topological polar surface area (TPSA) is 21.3 Å². The van der Waals surface area contributed by atoms with Crippen molar-refractivity contribution in [3.05, 3.63) is 0 Å². The summed E-state index contributed by atoms with van der Waals surface area (Å²) in [5.41, 5.74) is 0. The van der Waals surface area contributed by atoms with Crippen LogP contribution in [0.5, 0.6) is 0 Å². The van der Waals surface area contributed by atoms with Gasteiger partial charge in [0.05, 0.1) is 6.10 Å². The molecule has 0 aromatic heterocycles. The van der Waals surface area contributed by atoms with Crippen LogP contribution in [0.4, 0.5) is 0 Å². The molecule has 3 unspecified atom stereocenters. The summed E-state index contributed by atoms with van der Waals surface area (Å²) in [5, 5.41) is 3.67. The van der Waals surface area contributed by atoms with Crippen LogP contribution in [0.3, 0.4) is 0 Å². The van der Waals surface area contributed by atoms with Crippen molar-refractivity contribution < 1.29 is 4.74 Å². The molecule has 1 aliphatic rings. The number of thioether (sulfide) groups is 1. The molecule has 3 heteroatoms. The second-order valence-corrected chi connectivity index (χ2v) is 5.10. The second kappa shape index (κ2) is 6.70. The summed E-state index contributed by atoms with van der Waals surface area (Å²) in [5.74, 6) is 1.19. The van der Waals surface area contributed by atoms with Gasteiger partial charge in [-0.25, -0.2) is 0 Å². The van der Waals surface area contributed by atoms with E-state index in [9.17, 15) is 0 Å². The molecule has 1 aliphatic carbocycles. The van der Waals surface area contributed by atoms with E-state index in [0.717, 1.165) is 0 Å². The lowest BCUT2D eigenvalue weighted by Crippen LogP contribution is -2.47. The molecule has 1 saturated carbocycles. The zero-order valence-electron chi connectivity index (χ0n) is 9.58. The van der Waals surface area contributed by atoms with Gasteiger partial charge < -0.3 is 10.1 Å². The van der Waals surface area contributed by atoms with Crippen molar-refractivity contribution in [2.75, 3.05) is 19.1 Å². The van der Waals surface area contributed by atoms with Gasteiger partial charge in [0.15, 0.2) is 0 Å². The molecule has 0 heterocycles. The Morgan fingerprint density at radius 1 is 1.43 bits per heavy atom. The van der Waals surface area contributed by atoms with E-state index in [0.29, 0.717) is 18.2 Å². The largest absolute Gasteiger partial charge is 0.380 e. The second-order valence-electron chi connectivity index (χ2n) is 4.19. The molecular formula is C11H23NOS. The van der Waals surface area contributed by atoms with Crippen molar-refractivity contribution in [2.45, 2.75) is 50.8 Å². The first-order chi connectivity index (χ1) is 6.77. The number of hydrogen-bond acceptors (Lipinski definition) is 3. The quantitative estimate of drug-likeness (QED) is 0.763. The van der Waals surface area contributed by atoms with Crippen LogP contribution in [0, 0.1) is 0 Å². The fraction of sp³-hybridized carbons (Fsp3) is 1.00. The molecular weight excluding hydrogens is 194 g/mol. The lowest BCUT2D eigenvalue weighted by atomic mass is 9.92. The minimum atomic E-state index is 0.438. The van der Waals surface area contributed by atoms with Gasteiger partial charge in [-0.1, -0.05) is 12.8 Å². The fourth-order valence-corrected chi connectivity index (χ4v) is 2.83. The van der Waals surface area contributed by atoms with E-state index < -0.39 is 0 Å². The molecule has 3 atom stereocenters. The Labute approximate surface area is 92.2 Å². The van der Waals surface area contributed by atoms with Gasteiger partial charge in [0.2, 0.25) is 0 Å². The Hall–Kier alpha value is 0.270. The molecule has 0 aromatic rings. The number of methoxy groups -OCH3 is 1. The van der Waals surface area contributed by atoms with E-state index in [-0.39, 0.29) is 0 Å². The van der Waals surface area contributed by atoms with E-state index in [2.05, 4.69) is 18.5 Å². The van der Waals surface area contributed by atoms with E-state index in [1.54, 1.807) is 0 Å². The summed E-state index contributed by atoms with van der Waals surface area (Å²) in [6.45, 7) is 2.26. The Bertz CT molecular complexity index is 154. The highest BCUT2D eigenvalue weighted by atomic mass is 32.2. The van der Waals surface area contributed by atoms with Gasteiger partial charge in [-0.05, 0) is 26.0 Å². The van der Waals surface area contributed by atoms with Gasteiger partial charge in [0.25, 0.3) is 0 Å². The van der Waals surface area contributed by atoms with Gasteiger partial charge >= 0.3 is 0 Å². The molecule has 0 saturated heterocycles. The standard InChI is InChI=1S/C11H23NOS/c1-9(8-14-3)12-10-6-4-5-7-11(10)13-2/h9-12H,4-8H2,1-3H3. The first-order valence-electron chi connectivity index (χ1n) is 5.55. The minimum absolute atomic E-state index is 0.438. The molecule has 0 aliphatic heterocycles. The monoisotopic (exact) mass is 217 g/mol.